The fourth-order valence-electron chi connectivity index (χ4n) is 3.31. The Morgan fingerprint density at radius 3 is 2.52 bits per heavy atom. The molecule has 0 spiro atoms. The van der Waals surface area contributed by atoms with Crippen LogP contribution in [-0.4, -0.2) is 29.1 Å². The summed E-state index contributed by atoms with van der Waals surface area (Å²) < 4.78 is 11.3. The zero-order valence-electron chi connectivity index (χ0n) is 17.8. The van der Waals surface area contributed by atoms with E-state index in [0.29, 0.717) is 23.9 Å². The number of aromatic nitrogens is 1. The van der Waals surface area contributed by atoms with E-state index in [4.69, 9.17) is 8.94 Å². The van der Waals surface area contributed by atoms with Gasteiger partial charge in [0.2, 0.25) is 5.88 Å². The Labute approximate surface area is 185 Å². The molecule has 0 radical (unpaired) electrons. The molecule has 0 aliphatic rings. The minimum Gasteiger partial charge on any atom is -0.467 e. The van der Waals surface area contributed by atoms with Gasteiger partial charge in [0, 0.05) is 18.7 Å². The van der Waals surface area contributed by atoms with Crippen LogP contribution in [0.3, 0.4) is 0 Å². The van der Waals surface area contributed by atoms with Crippen molar-refractivity contribution in [3.63, 3.8) is 0 Å². The first-order chi connectivity index (χ1) is 15.0. The second kappa shape index (κ2) is 9.22. The highest BCUT2D eigenvalue weighted by molar-refractivity contribution is 7.12. The van der Waals surface area contributed by atoms with E-state index in [2.05, 4.69) is 19.0 Å². The van der Waals surface area contributed by atoms with Gasteiger partial charge in [0.25, 0.3) is 5.91 Å². The summed E-state index contributed by atoms with van der Waals surface area (Å²) in [7, 11) is 1.97. The van der Waals surface area contributed by atoms with Crippen LogP contribution in [0.2, 0.25) is 0 Å². The van der Waals surface area contributed by atoms with Crippen molar-refractivity contribution in [2.75, 3.05) is 11.9 Å². The smallest absolute Gasteiger partial charge is 0.264 e. The van der Waals surface area contributed by atoms with E-state index in [0.717, 1.165) is 22.6 Å². The molecule has 0 atom stereocenters. The Morgan fingerprint density at radius 2 is 1.87 bits per heavy atom. The average Bonchev–Trinajstić information content (AvgIpc) is 3.55. The number of nitrogens with zero attached hydrogens (tertiary/aromatic N) is 3. The van der Waals surface area contributed by atoms with Gasteiger partial charge in [-0.05, 0) is 37.4 Å². The van der Waals surface area contributed by atoms with Gasteiger partial charge in [-0.2, -0.15) is 0 Å². The molecule has 4 aromatic rings. The maximum Gasteiger partial charge on any atom is 0.264 e. The van der Waals surface area contributed by atoms with Crippen molar-refractivity contribution in [1.29, 1.82) is 0 Å². The van der Waals surface area contributed by atoms with Gasteiger partial charge in [0.1, 0.15) is 11.5 Å². The number of carbonyl (C=O) groups excluding carboxylic acids is 1. The van der Waals surface area contributed by atoms with Crippen LogP contribution in [0, 0.1) is 0 Å². The van der Waals surface area contributed by atoms with Crippen LogP contribution in [-0.2, 0) is 13.1 Å². The van der Waals surface area contributed by atoms with Crippen molar-refractivity contribution in [3.05, 3.63) is 82.4 Å². The van der Waals surface area contributed by atoms with Gasteiger partial charge in [0.05, 0.1) is 29.8 Å². The van der Waals surface area contributed by atoms with Crippen molar-refractivity contribution >= 4 is 23.1 Å². The predicted molar refractivity (Wildman–Crippen MR) is 122 cm³/mol. The van der Waals surface area contributed by atoms with E-state index >= 15 is 0 Å². The zero-order valence-corrected chi connectivity index (χ0v) is 18.6. The monoisotopic (exact) mass is 435 g/mol. The first kappa shape index (κ1) is 20.9. The Bertz CT molecular complexity index is 1100. The number of thiophene rings is 1. The van der Waals surface area contributed by atoms with Gasteiger partial charge in [-0.3, -0.25) is 4.79 Å². The summed E-state index contributed by atoms with van der Waals surface area (Å²) in [5.41, 5.74) is 2.57. The number of amides is 1. The van der Waals surface area contributed by atoms with Crippen molar-refractivity contribution in [2.24, 2.45) is 0 Å². The standard InChI is InChI=1S/C24H25N3O3S/c1-17(2)26(3)24-20(22(25-30-24)18-9-5-4-6-10-18)16-27(15-19-11-7-13-29-19)23(28)21-12-8-14-31-21/h4-14,17H,15-16H2,1-3H3. The lowest BCUT2D eigenvalue weighted by Gasteiger charge is -2.25. The molecule has 0 unspecified atom stereocenters. The summed E-state index contributed by atoms with van der Waals surface area (Å²) in [4.78, 5) is 17.9. The number of carbonyl (C=O) groups is 1. The summed E-state index contributed by atoms with van der Waals surface area (Å²) >= 11 is 1.43. The Balaban J connectivity index is 1.75. The van der Waals surface area contributed by atoms with Crippen LogP contribution >= 0.6 is 11.3 Å². The lowest BCUT2D eigenvalue weighted by atomic mass is 10.1. The molecule has 31 heavy (non-hydrogen) atoms. The van der Waals surface area contributed by atoms with Crippen LogP contribution in [0.15, 0.2) is 75.2 Å². The van der Waals surface area contributed by atoms with Crippen molar-refractivity contribution < 1.29 is 13.7 Å². The molecular weight excluding hydrogens is 410 g/mol. The van der Waals surface area contributed by atoms with Gasteiger partial charge in [-0.15, -0.1) is 11.3 Å². The van der Waals surface area contributed by atoms with E-state index < -0.39 is 0 Å². The largest absolute Gasteiger partial charge is 0.467 e. The van der Waals surface area contributed by atoms with Crippen molar-refractivity contribution in [2.45, 2.75) is 33.0 Å². The van der Waals surface area contributed by atoms with Gasteiger partial charge in [0.15, 0.2) is 0 Å². The van der Waals surface area contributed by atoms with Crippen molar-refractivity contribution in [1.82, 2.24) is 10.1 Å². The fraction of sp³-hybridized carbons (Fsp3) is 0.250. The Kier molecular flexibility index (Phi) is 6.23. The molecule has 0 aliphatic heterocycles. The van der Waals surface area contributed by atoms with E-state index in [1.807, 2.05) is 71.9 Å². The molecule has 6 nitrogen and oxygen atoms in total. The second-order valence-electron chi connectivity index (χ2n) is 7.60. The highest BCUT2D eigenvalue weighted by atomic mass is 32.1. The summed E-state index contributed by atoms with van der Waals surface area (Å²) in [6.07, 6.45) is 1.62. The van der Waals surface area contributed by atoms with Gasteiger partial charge in [-0.25, -0.2) is 0 Å². The van der Waals surface area contributed by atoms with Gasteiger partial charge in [-0.1, -0.05) is 41.6 Å². The molecule has 160 valence electrons. The maximum absolute atomic E-state index is 13.4. The van der Waals surface area contributed by atoms with Crippen LogP contribution in [0.5, 0.6) is 0 Å². The third-order valence-electron chi connectivity index (χ3n) is 5.20. The van der Waals surface area contributed by atoms with Crippen molar-refractivity contribution in [3.8, 4) is 11.3 Å². The first-order valence-electron chi connectivity index (χ1n) is 10.2. The average molecular weight is 436 g/mol. The lowest BCUT2D eigenvalue weighted by Crippen LogP contribution is -2.31. The number of furan rings is 1. The zero-order chi connectivity index (χ0) is 21.8. The number of rotatable bonds is 8. The van der Waals surface area contributed by atoms with Crippen LogP contribution < -0.4 is 4.90 Å². The molecule has 1 amide bonds. The third-order valence-corrected chi connectivity index (χ3v) is 6.06. The van der Waals surface area contributed by atoms with Gasteiger partial charge >= 0.3 is 0 Å². The van der Waals surface area contributed by atoms with Crippen LogP contribution in [0.25, 0.3) is 11.3 Å². The minimum absolute atomic E-state index is 0.0511. The molecule has 0 fully saturated rings. The number of benzene rings is 1. The lowest BCUT2D eigenvalue weighted by molar-refractivity contribution is 0.0723. The normalized spacial score (nSPS) is 11.1. The molecule has 0 aliphatic carbocycles. The molecule has 3 heterocycles. The quantitative estimate of drug-likeness (QED) is 0.356. The van der Waals surface area contributed by atoms with Crippen LogP contribution in [0.1, 0.15) is 34.8 Å². The summed E-state index contributed by atoms with van der Waals surface area (Å²) in [5, 5.41) is 6.29. The van der Waals surface area contributed by atoms with E-state index in [9.17, 15) is 4.79 Å². The predicted octanol–water partition coefficient (Wildman–Crippen LogP) is 5.68. The maximum atomic E-state index is 13.4. The summed E-state index contributed by atoms with van der Waals surface area (Å²) in [5.74, 6) is 1.34. The molecule has 4 rings (SSSR count). The first-order valence-corrected chi connectivity index (χ1v) is 11.0. The Morgan fingerprint density at radius 1 is 1.06 bits per heavy atom. The van der Waals surface area contributed by atoms with Crippen LogP contribution in [0.4, 0.5) is 5.88 Å². The Hall–Kier alpha value is -3.32. The number of hydrogen-bond donors (Lipinski definition) is 0. The molecule has 0 N–H and O–H groups in total. The summed E-state index contributed by atoms with van der Waals surface area (Å²) in [6.45, 7) is 4.88. The molecule has 0 bridgehead atoms. The third kappa shape index (κ3) is 4.56. The van der Waals surface area contributed by atoms with E-state index in [-0.39, 0.29) is 11.9 Å². The molecule has 1 aromatic carbocycles. The minimum atomic E-state index is -0.0511. The molecule has 0 saturated heterocycles. The summed E-state index contributed by atoms with van der Waals surface area (Å²) in [6, 6.07) is 17.5. The molecule has 0 saturated carbocycles. The second-order valence-corrected chi connectivity index (χ2v) is 8.55. The fourth-order valence-corrected chi connectivity index (χ4v) is 4.01. The highest BCUT2D eigenvalue weighted by Crippen LogP contribution is 2.33. The topological polar surface area (TPSA) is 62.7 Å². The number of anilines is 1. The number of hydrogen-bond acceptors (Lipinski definition) is 6. The molecule has 7 heteroatoms. The highest BCUT2D eigenvalue weighted by Gasteiger charge is 2.27. The SMILES string of the molecule is CC(C)N(C)c1onc(-c2ccccc2)c1CN(Cc1ccco1)C(=O)c1cccs1. The molecular formula is C24H25N3O3S. The van der Waals surface area contributed by atoms with Gasteiger partial charge < -0.3 is 18.7 Å². The van der Waals surface area contributed by atoms with E-state index in [1.165, 1.54) is 11.3 Å². The molecule has 3 aromatic heterocycles. The van der Waals surface area contributed by atoms with E-state index in [1.54, 1.807) is 11.2 Å².